The quantitative estimate of drug-likeness (QED) is 0.879. The van der Waals surface area contributed by atoms with Crippen molar-refractivity contribution in [1.29, 1.82) is 0 Å². The van der Waals surface area contributed by atoms with Gasteiger partial charge in [-0.1, -0.05) is 12.1 Å². The van der Waals surface area contributed by atoms with Gasteiger partial charge in [-0.05, 0) is 29.8 Å². The summed E-state index contributed by atoms with van der Waals surface area (Å²) < 4.78 is 37.9. The molecular weight excluding hydrogens is 323 g/mol. The van der Waals surface area contributed by atoms with Crippen LogP contribution in [0.4, 0.5) is 18.9 Å². The van der Waals surface area contributed by atoms with Gasteiger partial charge in [-0.15, -0.1) is 0 Å². The van der Waals surface area contributed by atoms with E-state index in [0.717, 1.165) is 11.8 Å². The maximum Gasteiger partial charge on any atom is 0.406 e. The van der Waals surface area contributed by atoms with Crippen molar-refractivity contribution < 1.29 is 18.0 Å². The Morgan fingerprint density at radius 1 is 1.17 bits per heavy atom. The highest BCUT2D eigenvalue weighted by atomic mass is 19.4. The Balaban J connectivity index is 2.08. The molecule has 0 saturated carbocycles. The van der Waals surface area contributed by atoms with E-state index in [2.05, 4.69) is 10.6 Å². The van der Waals surface area contributed by atoms with Crippen molar-refractivity contribution in [3.8, 4) is 0 Å². The van der Waals surface area contributed by atoms with E-state index in [1.807, 2.05) is 0 Å². The minimum atomic E-state index is -4.46. The lowest BCUT2D eigenvalue weighted by Gasteiger charge is -2.12. The molecule has 0 aliphatic rings. The third kappa shape index (κ3) is 4.61. The number of anilines is 1. The summed E-state index contributed by atoms with van der Waals surface area (Å²) in [6, 6.07) is 9.47. The number of nitrogens with one attached hydrogen (secondary N) is 2. The molecule has 0 saturated heterocycles. The molecule has 5 nitrogen and oxygen atoms in total. The molecule has 1 amide bonds. The first-order valence-corrected chi connectivity index (χ1v) is 7.11. The van der Waals surface area contributed by atoms with Crippen LogP contribution in [-0.4, -0.2) is 23.7 Å². The van der Waals surface area contributed by atoms with Crippen LogP contribution in [0.2, 0.25) is 0 Å². The molecular formula is C16H16F3N3O2. The summed E-state index contributed by atoms with van der Waals surface area (Å²) in [6.45, 7) is -1.08. The van der Waals surface area contributed by atoms with E-state index in [9.17, 15) is 22.8 Å². The lowest BCUT2D eigenvalue weighted by molar-refractivity contribution is -0.141. The summed E-state index contributed by atoms with van der Waals surface area (Å²) in [5.74, 6) is -0.215. The fourth-order valence-corrected chi connectivity index (χ4v) is 2.10. The van der Waals surface area contributed by atoms with Gasteiger partial charge in [-0.2, -0.15) is 13.2 Å². The molecule has 0 unspecified atom stereocenters. The summed E-state index contributed by atoms with van der Waals surface area (Å²) in [5.41, 5.74) is 0.621. The second-order valence-electron chi connectivity index (χ2n) is 5.10. The largest absolute Gasteiger partial charge is 0.406 e. The van der Waals surface area contributed by atoms with Crippen molar-refractivity contribution in [2.75, 3.05) is 12.4 Å². The second-order valence-corrected chi connectivity index (χ2v) is 5.10. The van der Waals surface area contributed by atoms with Gasteiger partial charge in [0.05, 0.1) is 0 Å². The van der Waals surface area contributed by atoms with Crippen LogP contribution in [0.5, 0.6) is 0 Å². The molecule has 0 spiro atoms. The molecule has 8 heteroatoms. The van der Waals surface area contributed by atoms with Gasteiger partial charge in [0.25, 0.3) is 11.5 Å². The molecule has 1 aromatic carbocycles. The zero-order valence-electron chi connectivity index (χ0n) is 12.9. The topological polar surface area (TPSA) is 63.1 Å². The van der Waals surface area contributed by atoms with Gasteiger partial charge in [0.2, 0.25) is 0 Å². The lowest BCUT2D eigenvalue weighted by atomic mass is 10.1. The molecule has 128 valence electrons. The summed E-state index contributed by atoms with van der Waals surface area (Å²) in [5, 5.41) is 5.32. The molecule has 0 aliphatic carbocycles. The van der Waals surface area contributed by atoms with Crippen LogP contribution in [0.25, 0.3) is 0 Å². The van der Waals surface area contributed by atoms with Crippen molar-refractivity contribution >= 4 is 11.6 Å². The van der Waals surface area contributed by atoms with Gasteiger partial charge in [0.15, 0.2) is 0 Å². The van der Waals surface area contributed by atoms with Gasteiger partial charge in [-0.3, -0.25) is 9.59 Å². The van der Waals surface area contributed by atoms with E-state index in [-0.39, 0.29) is 18.1 Å². The molecule has 1 heterocycles. The van der Waals surface area contributed by atoms with E-state index in [1.54, 1.807) is 24.3 Å². The molecule has 2 rings (SSSR count). The summed E-state index contributed by atoms with van der Waals surface area (Å²) in [6.07, 6.45) is -3.36. The Morgan fingerprint density at radius 2 is 1.83 bits per heavy atom. The van der Waals surface area contributed by atoms with Crippen LogP contribution < -0.4 is 16.2 Å². The number of carbonyl (C=O) groups excluding carboxylic acids is 1. The van der Waals surface area contributed by atoms with Crippen LogP contribution in [0, 0.1) is 0 Å². The summed E-state index contributed by atoms with van der Waals surface area (Å²) in [7, 11) is 1.53. The molecule has 1 aromatic heterocycles. The first-order chi connectivity index (χ1) is 11.3. The van der Waals surface area contributed by atoms with E-state index in [0.29, 0.717) is 10.1 Å². The minimum absolute atomic E-state index is 0.0807. The Bertz CT molecular complexity index is 767. The molecule has 0 aliphatic heterocycles. The molecule has 0 fully saturated rings. The molecule has 2 aromatic rings. The van der Waals surface area contributed by atoms with Crippen LogP contribution >= 0.6 is 0 Å². The maximum atomic E-state index is 12.4. The van der Waals surface area contributed by atoms with E-state index in [1.165, 1.54) is 19.2 Å². The first kappa shape index (κ1) is 17.6. The number of pyridine rings is 1. The second kappa shape index (κ2) is 7.20. The number of rotatable bonds is 5. The van der Waals surface area contributed by atoms with Gasteiger partial charge < -0.3 is 15.2 Å². The Morgan fingerprint density at radius 3 is 2.42 bits per heavy atom. The normalized spacial score (nSPS) is 11.2. The highest BCUT2D eigenvalue weighted by Crippen LogP contribution is 2.16. The molecule has 0 atom stereocenters. The monoisotopic (exact) mass is 339 g/mol. The van der Waals surface area contributed by atoms with Gasteiger partial charge in [0.1, 0.15) is 12.2 Å². The van der Waals surface area contributed by atoms with Crippen LogP contribution in [-0.2, 0) is 13.1 Å². The number of aromatic nitrogens is 1. The SMILES string of the molecule is CNC(=O)c1ccc(CNc2cccn(CC(F)(F)F)c2=O)cc1. The van der Waals surface area contributed by atoms with E-state index in [4.69, 9.17) is 0 Å². The fourth-order valence-electron chi connectivity index (χ4n) is 2.10. The smallest absolute Gasteiger partial charge is 0.377 e. The number of hydrogen-bond donors (Lipinski definition) is 2. The van der Waals surface area contributed by atoms with Gasteiger partial charge in [-0.25, -0.2) is 0 Å². The van der Waals surface area contributed by atoms with Crippen LogP contribution in [0.1, 0.15) is 15.9 Å². The average Bonchev–Trinajstić information content (AvgIpc) is 2.54. The standard InChI is InChI=1S/C16H16F3N3O2/c1-20-14(23)12-6-4-11(5-7-12)9-21-13-3-2-8-22(15(13)24)10-16(17,18)19/h2-8,21H,9-10H2,1H3,(H,20,23). The predicted octanol–water partition coefficient (Wildman–Crippen LogP) is 2.38. The van der Waals surface area contributed by atoms with Crippen molar-refractivity contribution in [1.82, 2.24) is 9.88 Å². The number of alkyl halides is 3. The zero-order chi connectivity index (χ0) is 17.7. The summed E-state index contributed by atoms with van der Waals surface area (Å²) in [4.78, 5) is 23.4. The Hall–Kier alpha value is -2.77. The fraction of sp³-hybridized carbons (Fsp3) is 0.250. The number of hydrogen-bond acceptors (Lipinski definition) is 3. The number of benzene rings is 1. The van der Waals surface area contributed by atoms with Crippen LogP contribution in [0.15, 0.2) is 47.4 Å². The highest BCUT2D eigenvalue weighted by molar-refractivity contribution is 5.93. The number of amides is 1. The van der Waals surface area contributed by atoms with Crippen molar-refractivity contribution in [2.24, 2.45) is 0 Å². The predicted molar refractivity (Wildman–Crippen MR) is 83.9 cm³/mol. The zero-order valence-corrected chi connectivity index (χ0v) is 12.9. The molecule has 24 heavy (non-hydrogen) atoms. The number of carbonyl (C=O) groups is 1. The first-order valence-electron chi connectivity index (χ1n) is 7.11. The Labute approximate surface area is 136 Å². The number of nitrogens with zero attached hydrogens (tertiary/aromatic N) is 1. The maximum absolute atomic E-state index is 12.4. The highest BCUT2D eigenvalue weighted by Gasteiger charge is 2.28. The third-order valence-electron chi connectivity index (χ3n) is 3.30. The summed E-state index contributed by atoms with van der Waals surface area (Å²) >= 11 is 0. The van der Waals surface area contributed by atoms with Gasteiger partial charge >= 0.3 is 6.18 Å². The van der Waals surface area contributed by atoms with Crippen LogP contribution in [0.3, 0.4) is 0 Å². The molecule has 2 N–H and O–H groups in total. The van der Waals surface area contributed by atoms with E-state index >= 15 is 0 Å². The third-order valence-corrected chi connectivity index (χ3v) is 3.30. The lowest BCUT2D eigenvalue weighted by Crippen LogP contribution is -2.29. The van der Waals surface area contributed by atoms with Crippen molar-refractivity contribution in [3.05, 3.63) is 64.1 Å². The number of halogens is 3. The average molecular weight is 339 g/mol. The van der Waals surface area contributed by atoms with E-state index < -0.39 is 18.3 Å². The molecule has 0 radical (unpaired) electrons. The Kier molecular flexibility index (Phi) is 5.28. The minimum Gasteiger partial charge on any atom is -0.377 e. The molecule has 0 bridgehead atoms. The van der Waals surface area contributed by atoms with Crippen molar-refractivity contribution in [2.45, 2.75) is 19.3 Å². The van der Waals surface area contributed by atoms with Gasteiger partial charge in [0, 0.05) is 25.4 Å². The van der Waals surface area contributed by atoms with Crippen molar-refractivity contribution in [3.63, 3.8) is 0 Å².